The van der Waals surface area contributed by atoms with Crippen LogP contribution in [0.1, 0.15) is 62.4 Å². The minimum absolute atomic E-state index is 0.0145. The van der Waals surface area contributed by atoms with E-state index in [1.165, 1.54) is 22.9 Å². The number of hydrogen-bond acceptors (Lipinski definition) is 5. The van der Waals surface area contributed by atoms with Crippen LogP contribution in [-0.4, -0.2) is 43.9 Å². The number of amides is 2. The summed E-state index contributed by atoms with van der Waals surface area (Å²) in [6.45, 7) is 5.26. The fourth-order valence-corrected chi connectivity index (χ4v) is 5.26. The molecule has 5 rings (SSSR count). The molecule has 2 N–H and O–H groups in total. The van der Waals surface area contributed by atoms with E-state index in [9.17, 15) is 24.0 Å². The molecule has 1 saturated heterocycles. The van der Waals surface area contributed by atoms with Crippen LogP contribution in [0.4, 0.5) is 10.5 Å². The number of H-pyrrole nitrogens is 1. The third-order valence-corrected chi connectivity index (χ3v) is 7.46. The van der Waals surface area contributed by atoms with Crippen LogP contribution in [-0.2, 0) is 6.54 Å². The molecule has 10 nitrogen and oxygen atoms in total. The van der Waals surface area contributed by atoms with Gasteiger partial charge in [0.2, 0.25) is 5.56 Å². The Morgan fingerprint density at radius 1 is 1.05 bits per heavy atom. The molecule has 1 unspecified atom stereocenters. The molecule has 10 heteroatoms. The first-order valence-electron chi connectivity index (χ1n) is 13.3. The van der Waals surface area contributed by atoms with Gasteiger partial charge in [0, 0.05) is 55.6 Å². The maximum atomic E-state index is 13.3. The fraction of sp³-hybridized carbons (Fsp3) is 0.464. The molecule has 2 aliphatic rings. The number of carbonyl (C=O) groups excluding carboxylic acids is 2. The lowest BCUT2D eigenvalue weighted by Gasteiger charge is -2.32. The molecule has 0 bridgehead atoms. The topological polar surface area (TPSA) is 126 Å². The van der Waals surface area contributed by atoms with Crippen molar-refractivity contribution in [2.24, 2.45) is 11.8 Å². The molecule has 2 amide bonds. The van der Waals surface area contributed by atoms with Gasteiger partial charge in [-0.25, -0.2) is 9.59 Å². The van der Waals surface area contributed by atoms with E-state index in [1.807, 2.05) is 13.8 Å². The Morgan fingerprint density at radius 3 is 2.53 bits per heavy atom. The Morgan fingerprint density at radius 2 is 1.84 bits per heavy atom. The molecule has 1 aromatic carbocycles. The second kappa shape index (κ2) is 10.4. The van der Waals surface area contributed by atoms with Gasteiger partial charge in [-0.2, -0.15) is 0 Å². The predicted molar refractivity (Wildman–Crippen MR) is 145 cm³/mol. The number of fused-ring (bicyclic) bond motifs is 1. The number of hydrogen-bond donors (Lipinski definition) is 2. The van der Waals surface area contributed by atoms with Gasteiger partial charge in [0.1, 0.15) is 0 Å². The Hall–Kier alpha value is -3.95. The zero-order valence-electron chi connectivity index (χ0n) is 21.7. The van der Waals surface area contributed by atoms with E-state index >= 15 is 0 Å². The summed E-state index contributed by atoms with van der Waals surface area (Å²) in [6.07, 6.45) is 5.38. The highest BCUT2D eigenvalue weighted by Gasteiger charge is 2.27. The number of piperidine rings is 1. The van der Waals surface area contributed by atoms with Gasteiger partial charge in [0.15, 0.2) is 5.78 Å². The van der Waals surface area contributed by atoms with Gasteiger partial charge in [-0.15, -0.1) is 0 Å². The average Bonchev–Trinajstić information content (AvgIpc) is 3.71. The van der Waals surface area contributed by atoms with Crippen LogP contribution in [0.15, 0.2) is 50.9 Å². The quantitative estimate of drug-likeness (QED) is 0.463. The number of likely N-dealkylation sites (tertiary alicyclic amines) is 1. The maximum Gasteiger partial charge on any atom is 0.331 e. The maximum absolute atomic E-state index is 13.3. The number of carbonyl (C=O) groups is 2. The van der Waals surface area contributed by atoms with Gasteiger partial charge in [-0.3, -0.25) is 23.5 Å². The van der Waals surface area contributed by atoms with Crippen molar-refractivity contribution in [3.05, 3.63) is 73.3 Å². The lowest BCUT2D eigenvalue weighted by atomic mass is 9.91. The second-order valence-corrected chi connectivity index (χ2v) is 10.8. The molecule has 3 aromatic rings. The number of benzene rings is 1. The van der Waals surface area contributed by atoms with Crippen molar-refractivity contribution in [3.63, 3.8) is 0 Å². The fourth-order valence-electron chi connectivity index (χ4n) is 5.26. The second-order valence-electron chi connectivity index (χ2n) is 10.8. The summed E-state index contributed by atoms with van der Waals surface area (Å²) in [5.41, 5.74) is 0.608. The molecule has 2 aromatic heterocycles. The van der Waals surface area contributed by atoms with Gasteiger partial charge in [-0.05, 0) is 75.6 Å². The van der Waals surface area contributed by atoms with Crippen LogP contribution in [0.25, 0.3) is 10.9 Å². The van der Waals surface area contributed by atoms with E-state index in [2.05, 4.69) is 10.3 Å². The number of Topliss-reactive ketones (excluding diaryl/α,β-unsaturated/α-hetero) is 1. The molecule has 1 aliphatic heterocycles. The van der Waals surface area contributed by atoms with Gasteiger partial charge >= 0.3 is 11.7 Å². The smallest absolute Gasteiger partial charge is 0.328 e. The Labute approximate surface area is 219 Å². The first kappa shape index (κ1) is 25.7. The normalized spacial score (nSPS) is 17.7. The first-order valence-corrected chi connectivity index (χ1v) is 13.3. The highest BCUT2D eigenvalue weighted by molar-refractivity contribution is 5.96. The van der Waals surface area contributed by atoms with Crippen molar-refractivity contribution in [1.82, 2.24) is 19.0 Å². The zero-order valence-corrected chi connectivity index (χ0v) is 21.7. The zero-order chi connectivity index (χ0) is 27.0. The number of nitrogens with zero attached hydrogens (tertiary/aromatic N) is 3. The standard InChI is InChI=1S/C28H33N5O5/c1-17(2)33-23-9-8-21(13-22(23)26(36)32(28(33)38)16-18-5-6-18)30-27(37)31-11-3-4-19(15-31)12-24(34)20-7-10-25(35)29-14-20/h7-10,13-14,17-19H,3-6,11-12,15-16H2,1-2H3,(H,29,35)(H,30,37). The van der Waals surface area contributed by atoms with Crippen LogP contribution in [0, 0.1) is 11.8 Å². The van der Waals surface area contributed by atoms with Gasteiger partial charge in [0.25, 0.3) is 5.56 Å². The highest BCUT2D eigenvalue weighted by Crippen LogP contribution is 2.30. The predicted octanol–water partition coefficient (Wildman–Crippen LogP) is 3.36. The molecule has 0 radical (unpaired) electrons. The lowest BCUT2D eigenvalue weighted by Crippen LogP contribution is -2.43. The van der Waals surface area contributed by atoms with Crippen LogP contribution < -0.4 is 22.1 Å². The van der Waals surface area contributed by atoms with Crippen molar-refractivity contribution >= 4 is 28.4 Å². The number of aromatic amines is 1. The van der Waals surface area contributed by atoms with Gasteiger partial charge in [-0.1, -0.05) is 0 Å². The lowest BCUT2D eigenvalue weighted by molar-refractivity contribution is 0.0930. The van der Waals surface area contributed by atoms with Crippen LogP contribution in [0.5, 0.6) is 0 Å². The SMILES string of the molecule is CC(C)n1c(=O)n(CC2CC2)c(=O)c2cc(NC(=O)N3CCCC(CC(=O)c4ccc(=O)[nH]c4)C3)ccc21. The Bertz CT molecular complexity index is 1540. The molecule has 200 valence electrons. The van der Waals surface area contributed by atoms with Gasteiger partial charge in [0.05, 0.1) is 10.9 Å². The Kier molecular flexibility index (Phi) is 7.05. The summed E-state index contributed by atoms with van der Waals surface area (Å²) >= 11 is 0. The van der Waals surface area contributed by atoms with Crippen LogP contribution in [0.2, 0.25) is 0 Å². The molecule has 0 spiro atoms. The van der Waals surface area contributed by atoms with Gasteiger partial charge < -0.3 is 15.2 Å². The van der Waals surface area contributed by atoms with Crippen molar-refractivity contribution in [2.75, 3.05) is 18.4 Å². The average molecular weight is 520 g/mol. The molecule has 1 atom stereocenters. The minimum atomic E-state index is -0.330. The first-order chi connectivity index (χ1) is 18.2. The van der Waals surface area contributed by atoms with E-state index in [4.69, 9.17) is 0 Å². The third-order valence-electron chi connectivity index (χ3n) is 7.46. The number of urea groups is 1. The molecular formula is C28H33N5O5. The number of pyridine rings is 1. The number of aromatic nitrogens is 3. The number of anilines is 1. The number of nitrogens with one attached hydrogen (secondary N) is 2. The molecule has 1 aliphatic carbocycles. The molecule has 38 heavy (non-hydrogen) atoms. The number of rotatable bonds is 7. The monoisotopic (exact) mass is 519 g/mol. The third kappa shape index (κ3) is 5.34. The molecule has 1 saturated carbocycles. The highest BCUT2D eigenvalue weighted by atomic mass is 16.2. The summed E-state index contributed by atoms with van der Waals surface area (Å²) in [7, 11) is 0. The largest absolute Gasteiger partial charge is 0.331 e. The summed E-state index contributed by atoms with van der Waals surface area (Å²) in [6, 6.07) is 7.52. The van der Waals surface area contributed by atoms with E-state index < -0.39 is 0 Å². The van der Waals surface area contributed by atoms with Crippen molar-refractivity contribution in [3.8, 4) is 0 Å². The van der Waals surface area contributed by atoms with Crippen molar-refractivity contribution in [1.29, 1.82) is 0 Å². The van der Waals surface area contributed by atoms with E-state index in [0.717, 1.165) is 25.7 Å². The summed E-state index contributed by atoms with van der Waals surface area (Å²) < 4.78 is 2.97. The van der Waals surface area contributed by atoms with Crippen LogP contribution in [0.3, 0.4) is 0 Å². The number of ketones is 1. The minimum Gasteiger partial charge on any atom is -0.328 e. The van der Waals surface area contributed by atoms with E-state index in [1.54, 1.807) is 27.7 Å². The van der Waals surface area contributed by atoms with Crippen LogP contribution >= 0.6 is 0 Å². The molecule has 2 fully saturated rings. The molecule has 3 heterocycles. The Balaban J connectivity index is 1.33. The summed E-state index contributed by atoms with van der Waals surface area (Å²) in [5.74, 6) is 0.312. The molecular weight excluding hydrogens is 486 g/mol. The van der Waals surface area contributed by atoms with E-state index in [0.29, 0.717) is 54.1 Å². The van der Waals surface area contributed by atoms with Crippen molar-refractivity contribution < 1.29 is 9.59 Å². The van der Waals surface area contributed by atoms with E-state index in [-0.39, 0.29) is 40.6 Å². The van der Waals surface area contributed by atoms with Crippen molar-refractivity contribution in [2.45, 2.75) is 58.5 Å². The summed E-state index contributed by atoms with van der Waals surface area (Å²) in [4.78, 5) is 67.6. The summed E-state index contributed by atoms with van der Waals surface area (Å²) in [5, 5.41) is 3.31.